The Labute approximate surface area is 112 Å². The molecule has 0 bridgehead atoms. The maximum atomic E-state index is 10.9. The predicted molar refractivity (Wildman–Crippen MR) is 71.0 cm³/mol. The SMILES string of the molecule is CCCC(CCO)CNc1ncnc(Cl)c1C=O. The second kappa shape index (κ2) is 8.00. The molecular weight excluding hydrogens is 254 g/mol. The summed E-state index contributed by atoms with van der Waals surface area (Å²) in [5.74, 6) is 0.803. The number of hydrogen-bond donors (Lipinski definition) is 2. The summed E-state index contributed by atoms with van der Waals surface area (Å²) in [6.07, 6.45) is 4.76. The van der Waals surface area contributed by atoms with Crippen molar-refractivity contribution in [3.63, 3.8) is 0 Å². The van der Waals surface area contributed by atoms with Gasteiger partial charge in [-0.15, -0.1) is 0 Å². The van der Waals surface area contributed by atoms with Gasteiger partial charge in [0.05, 0.1) is 5.56 Å². The van der Waals surface area contributed by atoms with Crippen LogP contribution in [0.1, 0.15) is 36.5 Å². The predicted octanol–water partition coefficient (Wildman–Crippen LogP) is 2.15. The van der Waals surface area contributed by atoms with E-state index in [0.29, 0.717) is 24.6 Å². The van der Waals surface area contributed by atoms with E-state index in [1.54, 1.807) is 0 Å². The number of nitrogens with one attached hydrogen (secondary N) is 1. The van der Waals surface area contributed by atoms with Gasteiger partial charge in [0.15, 0.2) is 6.29 Å². The zero-order valence-corrected chi connectivity index (χ0v) is 11.2. The van der Waals surface area contributed by atoms with Crippen LogP contribution >= 0.6 is 11.6 Å². The summed E-state index contributed by atoms with van der Waals surface area (Å²) in [6.45, 7) is 2.92. The molecule has 1 rings (SSSR count). The van der Waals surface area contributed by atoms with Crippen LogP contribution in [-0.2, 0) is 0 Å². The average Bonchev–Trinajstić information content (AvgIpc) is 2.36. The van der Waals surface area contributed by atoms with Crippen LogP contribution in [0.15, 0.2) is 6.33 Å². The van der Waals surface area contributed by atoms with Crippen LogP contribution in [0.2, 0.25) is 5.15 Å². The zero-order chi connectivity index (χ0) is 13.4. The van der Waals surface area contributed by atoms with Crippen molar-refractivity contribution in [1.29, 1.82) is 0 Å². The van der Waals surface area contributed by atoms with Crippen molar-refractivity contribution in [1.82, 2.24) is 9.97 Å². The minimum absolute atomic E-state index is 0.150. The number of carbonyl (C=O) groups is 1. The fourth-order valence-corrected chi connectivity index (χ4v) is 1.98. The second-order valence-corrected chi connectivity index (χ2v) is 4.45. The Kier molecular flexibility index (Phi) is 6.60. The molecule has 1 aromatic heterocycles. The molecule has 5 nitrogen and oxygen atoms in total. The summed E-state index contributed by atoms with van der Waals surface area (Å²) in [4.78, 5) is 18.7. The fourth-order valence-electron chi connectivity index (χ4n) is 1.80. The van der Waals surface area contributed by atoms with Gasteiger partial charge < -0.3 is 10.4 Å². The third kappa shape index (κ3) is 4.23. The van der Waals surface area contributed by atoms with Gasteiger partial charge in [0.2, 0.25) is 0 Å². The number of aliphatic hydroxyl groups is 1. The van der Waals surface area contributed by atoms with E-state index in [0.717, 1.165) is 19.3 Å². The number of aldehydes is 1. The molecule has 0 aromatic carbocycles. The minimum Gasteiger partial charge on any atom is -0.396 e. The number of aromatic nitrogens is 2. The Morgan fingerprint density at radius 1 is 1.50 bits per heavy atom. The van der Waals surface area contributed by atoms with Gasteiger partial charge in [-0.25, -0.2) is 9.97 Å². The fraction of sp³-hybridized carbons (Fsp3) is 0.583. The molecule has 0 aliphatic rings. The Balaban J connectivity index is 2.66. The van der Waals surface area contributed by atoms with Gasteiger partial charge in [0, 0.05) is 13.2 Å². The molecule has 2 N–H and O–H groups in total. The molecule has 1 atom stereocenters. The number of hydrogen-bond acceptors (Lipinski definition) is 5. The molecule has 18 heavy (non-hydrogen) atoms. The van der Waals surface area contributed by atoms with E-state index in [1.807, 2.05) is 0 Å². The van der Waals surface area contributed by atoms with Crippen molar-refractivity contribution in [2.45, 2.75) is 26.2 Å². The molecule has 0 fully saturated rings. The molecule has 0 saturated carbocycles. The smallest absolute Gasteiger partial charge is 0.156 e. The van der Waals surface area contributed by atoms with Gasteiger partial charge in [-0.2, -0.15) is 0 Å². The van der Waals surface area contributed by atoms with Crippen molar-refractivity contribution < 1.29 is 9.90 Å². The minimum atomic E-state index is 0.150. The van der Waals surface area contributed by atoms with E-state index in [9.17, 15) is 4.79 Å². The molecule has 6 heteroatoms. The summed E-state index contributed by atoms with van der Waals surface area (Å²) < 4.78 is 0. The van der Waals surface area contributed by atoms with Crippen molar-refractivity contribution >= 4 is 23.7 Å². The van der Waals surface area contributed by atoms with Crippen LogP contribution in [-0.4, -0.2) is 34.5 Å². The third-order valence-electron chi connectivity index (χ3n) is 2.75. The molecule has 0 amide bonds. The molecule has 0 radical (unpaired) electrons. The Bertz CT molecular complexity index is 382. The van der Waals surface area contributed by atoms with E-state index >= 15 is 0 Å². The topological polar surface area (TPSA) is 75.1 Å². The highest BCUT2D eigenvalue weighted by molar-refractivity contribution is 6.32. The molecule has 1 unspecified atom stereocenters. The number of anilines is 1. The molecule has 0 aliphatic carbocycles. The lowest BCUT2D eigenvalue weighted by atomic mass is 10.0. The van der Waals surface area contributed by atoms with Gasteiger partial charge in [-0.1, -0.05) is 24.9 Å². The van der Waals surface area contributed by atoms with E-state index < -0.39 is 0 Å². The number of carbonyl (C=O) groups excluding carboxylic acids is 1. The number of halogens is 1. The van der Waals surface area contributed by atoms with Crippen LogP contribution in [0.5, 0.6) is 0 Å². The standard InChI is InChI=1S/C12H18ClN3O2/c1-2-3-9(4-5-17)6-14-12-10(7-18)11(13)15-8-16-12/h7-9,17H,2-6H2,1H3,(H,14,15,16). The molecule has 100 valence electrons. The Hall–Kier alpha value is -1.20. The highest BCUT2D eigenvalue weighted by Crippen LogP contribution is 2.19. The first-order valence-electron chi connectivity index (χ1n) is 6.03. The summed E-state index contributed by atoms with van der Waals surface area (Å²) in [5.41, 5.74) is 0.276. The van der Waals surface area contributed by atoms with Crippen LogP contribution in [0, 0.1) is 5.92 Å². The number of aliphatic hydroxyl groups excluding tert-OH is 1. The maximum absolute atomic E-state index is 10.9. The zero-order valence-electron chi connectivity index (χ0n) is 10.4. The second-order valence-electron chi connectivity index (χ2n) is 4.09. The number of nitrogens with zero attached hydrogens (tertiary/aromatic N) is 2. The van der Waals surface area contributed by atoms with Crippen molar-refractivity contribution in [3.8, 4) is 0 Å². The van der Waals surface area contributed by atoms with E-state index in [4.69, 9.17) is 16.7 Å². The summed E-state index contributed by atoms with van der Waals surface area (Å²) >= 11 is 5.80. The summed E-state index contributed by atoms with van der Waals surface area (Å²) in [5, 5.41) is 12.2. The van der Waals surface area contributed by atoms with Crippen molar-refractivity contribution in [2.24, 2.45) is 5.92 Å². The van der Waals surface area contributed by atoms with Crippen LogP contribution in [0.3, 0.4) is 0 Å². The third-order valence-corrected chi connectivity index (χ3v) is 3.05. The lowest BCUT2D eigenvalue weighted by Gasteiger charge is -2.16. The number of rotatable bonds is 8. The molecule has 1 aromatic rings. The van der Waals surface area contributed by atoms with E-state index in [2.05, 4.69) is 22.2 Å². The van der Waals surface area contributed by atoms with Gasteiger partial charge in [-0.05, 0) is 18.8 Å². The first-order valence-corrected chi connectivity index (χ1v) is 6.41. The highest BCUT2D eigenvalue weighted by Gasteiger charge is 2.11. The average molecular weight is 272 g/mol. The first kappa shape index (κ1) is 14.9. The van der Waals surface area contributed by atoms with Gasteiger partial charge in [-0.3, -0.25) is 4.79 Å². The highest BCUT2D eigenvalue weighted by atomic mass is 35.5. The normalized spacial score (nSPS) is 12.2. The first-order chi connectivity index (χ1) is 8.72. The summed E-state index contributed by atoms with van der Waals surface area (Å²) in [6, 6.07) is 0. The van der Waals surface area contributed by atoms with Gasteiger partial charge >= 0.3 is 0 Å². The van der Waals surface area contributed by atoms with Gasteiger partial charge in [0.25, 0.3) is 0 Å². The maximum Gasteiger partial charge on any atom is 0.156 e. The lowest BCUT2D eigenvalue weighted by Crippen LogP contribution is -2.17. The van der Waals surface area contributed by atoms with Crippen LogP contribution in [0.4, 0.5) is 5.82 Å². The van der Waals surface area contributed by atoms with Crippen LogP contribution < -0.4 is 5.32 Å². The van der Waals surface area contributed by atoms with Crippen molar-refractivity contribution in [3.05, 3.63) is 17.0 Å². The Morgan fingerprint density at radius 3 is 2.89 bits per heavy atom. The quantitative estimate of drug-likeness (QED) is 0.560. The molecule has 0 aliphatic heterocycles. The van der Waals surface area contributed by atoms with Crippen molar-refractivity contribution in [2.75, 3.05) is 18.5 Å². The lowest BCUT2D eigenvalue weighted by molar-refractivity contribution is 0.112. The van der Waals surface area contributed by atoms with E-state index in [1.165, 1.54) is 6.33 Å². The molecule has 0 spiro atoms. The van der Waals surface area contributed by atoms with Gasteiger partial charge in [0.1, 0.15) is 17.3 Å². The molecule has 0 saturated heterocycles. The Morgan fingerprint density at radius 2 is 2.28 bits per heavy atom. The molecule has 1 heterocycles. The van der Waals surface area contributed by atoms with Crippen LogP contribution in [0.25, 0.3) is 0 Å². The molecular formula is C12H18ClN3O2. The van der Waals surface area contributed by atoms with E-state index in [-0.39, 0.29) is 17.3 Å². The summed E-state index contributed by atoms with van der Waals surface area (Å²) in [7, 11) is 0. The largest absolute Gasteiger partial charge is 0.396 e. The monoisotopic (exact) mass is 271 g/mol.